The van der Waals surface area contributed by atoms with E-state index in [9.17, 15) is 4.79 Å². The van der Waals surface area contributed by atoms with E-state index >= 15 is 0 Å². The third-order valence-corrected chi connectivity index (χ3v) is 4.15. The molecule has 116 valence electrons. The number of nitrogens with one attached hydrogen (secondary N) is 1. The van der Waals surface area contributed by atoms with Crippen molar-refractivity contribution in [3.05, 3.63) is 36.0 Å². The molecule has 3 rings (SSSR count). The van der Waals surface area contributed by atoms with Crippen LogP contribution < -0.4 is 10.5 Å². The van der Waals surface area contributed by atoms with Crippen LogP contribution in [0.4, 0.5) is 0 Å². The number of benzene rings is 1. The van der Waals surface area contributed by atoms with Gasteiger partial charge in [-0.25, -0.2) is 0 Å². The molecule has 1 fully saturated rings. The smallest absolute Gasteiger partial charge is 0.257 e. The molecule has 22 heavy (non-hydrogen) atoms. The van der Waals surface area contributed by atoms with Gasteiger partial charge in [0.15, 0.2) is 0 Å². The van der Waals surface area contributed by atoms with Gasteiger partial charge in [0, 0.05) is 18.7 Å². The van der Waals surface area contributed by atoms with E-state index in [-0.39, 0.29) is 5.91 Å². The molecule has 1 aromatic heterocycles. The van der Waals surface area contributed by atoms with Crippen LogP contribution in [0.2, 0.25) is 0 Å². The molecule has 6 nitrogen and oxygen atoms in total. The number of amides is 1. The predicted octanol–water partition coefficient (Wildman–Crippen LogP) is 1.51. The Morgan fingerprint density at radius 1 is 1.45 bits per heavy atom. The van der Waals surface area contributed by atoms with E-state index in [2.05, 4.69) is 10.2 Å². The minimum atomic E-state index is 0.00974. The Kier molecular flexibility index (Phi) is 4.11. The Morgan fingerprint density at radius 2 is 2.23 bits per heavy atom. The van der Waals surface area contributed by atoms with Crippen molar-refractivity contribution in [1.29, 1.82) is 0 Å². The topological polar surface area (TPSA) is 84.2 Å². The van der Waals surface area contributed by atoms with Crippen LogP contribution >= 0.6 is 0 Å². The van der Waals surface area contributed by atoms with Crippen molar-refractivity contribution in [1.82, 2.24) is 15.1 Å². The maximum atomic E-state index is 12.7. The SMILES string of the molecule is COc1ccc(-c2[nH]ncc2C(=O)N2CCC(CN)C2)cc1. The Hall–Kier alpha value is -2.34. The summed E-state index contributed by atoms with van der Waals surface area (Å²) in [5, 5.41) is 6.97. The lowest BCUT2D eigenvalue weighted by molar-refractivity contribution is 0.0788. The number of ether oxygens (including phenoxy) is 1. The number of carbonyl (C=O) groups is 1. The Labute approximate surface area is 129 Å². The molecular formula is C16H20N4O2. The second-order valence-corrected chi connectivity index (χ2v) is 5.53. The fourth-order valence-electron chi connectivity index (χ4n) is 2.81. The summed E-state index contributed by atoms with van der Waals surface area (Å²) in [4.78, 5) is 14.5. The number of rotatable bonds is 4. The number of nitrogens with zero attached hydrogens (tertiary/aromatic N) is 2. The quantitative estimate of drug-likeness (QED) is 0.896. The van der Waals surface area contributed by atoms with Gasteiger partial charge in [0.1, 0.15) is 5.75 Å². The number of hydrogen-bond acceptors (Lipinski definition) is 4. The third kappa shape index (κ3) is 2.69. The van der Waals surface area contributed by atoms with Gasteiger partial charge in [-0.2, -0.15) is 5.10 Å². The van der Waals surface area contributed by atoms with Crippen LogP contribution in [-0.2, 0) is 0 Å². The van der Waals surface area contributed by atoms with Crippen molar-refractivity contribution in [2.45, 2.75) is 6.42 Å². The largest absolute Gasteiger partial charge is 0.497 e. The van der Waals surface area contributed by atoms with E-state index in [1.54, 1.807) is 13.3 Å². The number of methoxy groups -OCH3 is 1. The lowest BCUT2D eigenvalue weighted by Crippen LogP contribution is -2.30. The first-order valence-corrected chi connectivity index (χ1v) is 7.40. The van der Waals surface area contributed by atoms with E-state index in [1.807, 2.05) is 29.2 Å². The molecule has 2 aromatic rings. The molecule has 0 spiro atoms. The number of aromatic amines is 1. The summed E-state index contributed by atoms with van der Waals surface area (Å²) in [5.41, 5.74) is 7.95. The average Bonchev–Trinajstić information content (AvgIpc) is 3.23. The molecule has 1 unspecified atom stereocenters. The number of likely N-dealkylation sites (tertiary alicyclic amines) is 1. The van der Waals surface area contributed by atoms with E-state index in [0.717, 1.165) is 36.5 Å². The molecule has 1 aliphatic rings. The van der Waals surface area contributed by atoms with Crippen molar-refractivity contribution in [3.63, 3.8) is 0 Å². The molecule has 1 aromatic carbocycles. The molecule has 1 amide bonds. The number of carbonyl (C=O) groups excluding carboxylic acids is 1. The third-order valence-electron chi connectivity index (χ3n) is 4.15. The standard InChI is InChI=1S/C16H20N4O2/c1-22-13-4-2-12(3-5-13)15-14(9-18-19-15)16(21)20-7-6-11(8-17)10-20/h2-5,9,11H,6-8,10,17H2,1H3,(H,18,19). The van der Waals surface area contributed by atoms with Gasteiger partial charge in [-0.05, 0) is 43.1 Å². The predicted molar refractivity (Wildman–Crippen MR) is 83.6 cm³/mol. The summed E-state index contributed by atoms with van der Waals surface area (Å²) in [6, 6.07) is 7.56. The average molecular weight is 300 g/mol. The van der Waals surface area contributed by atoms with E-state index in [1.165, 1.54) is 0 Å². The highest BCUT2D eigenvalue weighted by molar-refractivity contribution is 5.99. The summed E-state index contributed by atoms with van der Waals surface area (Å²) in [5.74, 6) is 1.19. The maximum Gasteiger partial charge on any atom is 0.257 e. The van der Waals surface area contributed by atoms with Crippen LogP contribution in [-0.4, -0.2) is 47.7 Å². The monoisotopic (exact) mass is 300 g/mol. The van der Waals surface area contributed by atoms with Gasteiger partial charge < -0.3 is 15.4 Å². The summed E-state index contributed by atoms with van der Waals surface area (Å²) >= 11 is 0. The highest BCUT2D eigenvalue weighted by Crippen LogP contribution is 2.26. The summed E-state index contributed by atoms with van der Waals surface area (Å²) in [7, 11) is 1.63. The van der Waals surface area contributed by atoms with Crippen molar-refractivity contribution in [2.24, 2.45) is 11.7 Å². The number of nitrogens with two attached hydrogens (primary N) is 1. The highest BCUT2D eigenvalue weighted by Gasteiger charge is 2.28. The molecule has 0 radical (unpaired) electrons. The van der Waals surface area contributed by atoms with E-state index in [0.29, 0.717) is 18.0 Å². The second kappa shape index (κ2) is 6.19. The van der Waals surface area contributed by atoms with Gasteiger partial charge in [-0.1, -0.05) is 0 Å². The second-order valence-electron chi connectivity index (χ2n) is 5.53. The number of hydrogen-bond donors (Lipinski definition) is 2. The first kappa shape index (κ1) is 14.6. The summed E-state index contributed by atoms with van der Waals surface area (Å²) in [6.45, 7) is 2.11. The van der Waals surface area contributed by atoms with Gasteiger partial charge in [0.05, 0.1) is 24.6 Å². The summed E-state index contributed by atoms with van der Waals surface area (Å²) < 4.78 is 5.16. The lowest BCUT2D eigenvalue weighted by atomic mass is 10.1. The Balaban J connectivity index is 1.83. The molecular weight excluding hydrogens is 280 g/mol. The van der Waals surface area contributed by atoms with Crippen molar-refractivity contribution < 1.29 is 9.53 Å². The molecule has 1 atom stereocenters. The van der Waals surface area contributed by atoms with Gasteiger partial charge in [-0.15, -0.1) is 0 Å². The number of aromatic nitrogens is 2. The Morgan fingerprint density at radius 3 is 2.86 bits per heavy atom. The fourth-order valence-corrected chi connectivity index (χ4v) is 2.81. The number of H-pyrrole nitrogens is 1. The zero-order valence-electron chi connectivity index (χ0n) is 12.6. The van der Waals surface area contributed by atoms with Crippen molar-refractivity contribution >= 4 is 5.91 Å². The van der Waals surface area contributed by atoms with Crippen LogP contribution in [0.15, 0.2) is 30.5 Å². The molecule has 3 N–H and O–H groups in total. The first-order chi connectivity index (χ1) is 10.7. The van der Waals surface area contributed by atoms with Crippen LogP contribution in [0, 0.1) is 5.92 Å². The van der Waals surface area contributed by atoms with Crippen LogP contribution in [0.3, 0.4) is 0 Å². The molecule has 1 aliphatic heterocycles. The fraction of sp³-hybridized carbons (Fsp3) is 0.375. The molecule has 6 heteroatoms. The van der Waals surface area contributed by atoms with Gasteiger partial charge in [0.2, 0.25) is 0 Å². The molecule has 2 heterocycles. The van der Waals surface area contributed by atoms with E-state index in [4.69, 9.17) is 10.5 Å². The minimum absolute atomic E-state index is 0.00974. The van der Waals surface area contributed by atoms with Crippen LogP contribution in [0.5, 0.6) is 5.75 Å². The zero-order chi connectivity index (χ0) is 15.5. The van der Waals surface area contributed by atoms with Crippen LogP contribution in [0.25, 0.3) is 11.3 Å². The molecule has 0 saturated carbocycles. The van der Waals surface area contributed by atoms with Gasteiger partial charge in [0.25, 0.3) is 5.91 Å². The van der Waals surface area contributed by atoms with Crippen molar-refractivity contribution in [3.8, 4) is 17.0 Å². The summed E-state index contributed by atoms with van der Waals surface area (Å²) in [6.07, 6.45) is 2.57. The zero-order valence-corrected chi connectivity index (χ0v) is 12.6. The molecule has 0 bridgehead atoms. The minimum Gasteiger partial charge on any atom is -0.497 e. The first-order valence-electron chi connectivity index (χ1n) is 7.40. The van der Waals surface area contributed by atoms with Crippen molar-refractivity contribution in [2.75, 3.05) is 26.7 Å². The van der Waals surface area contributed by atoms with Gasteiger partial charge in [-0.3, -0.25) is 9.89 Å². The molecule has 1 saturated heterocycles. The Bertz CT molecular complexity index is 650. The van der Waals surface area contributed by atoms with Crippen LogP contribution in [0.1, 0.15) is 16.8 Å². The molecule has 0 aliphatic carbocycles. The maximum absolute atomic E-state index is 12.7. The lowest BCUT2D eigenvalue weighted by Gasteiger charge is -2.16. The van der Waals surface area contributed by atoms with Gasteiger partial charge >= 0.3 is 0 Å². The normalized spacial score (nSPS) is 17.7. The highest BCUT2D eigenvalue weighted by atomic mass is 16.5. The van der Waals surface area contributed by atoms with E-state index < -0.39 is 0 Å².